The first kappa shape index (κ1) is 48.4. The topological polar surface area (TPSA) is 201 Å². The zero-order valence-corrected chi connectivity index (χ0v) is 40.5. The van der Waals surface area contributed by atoms with Crippen molar-refractivity contribution in [3.05, 3.63) is 71.5 Å². The monoisotopic (exact) mass is 934 g/mol. The Balaban J connectivity index is 1.16. The average Bonchev–Trinajstić information content (AvgIpc) is 4.16. The van der Waals surface area contributed by atoms with Gasteiger partial charge in [0.05, 0.1) is 24.9 Å². The van der Waals surface area contributed by atoms with Gasteiger partial charge in [-0.2, -0.15) is 0 Å². The highest BCUT2D eigenvalue weighted by atomic mass is 16.5. The lowest BCUT2D eigenvalue weighted by Gasteiger charge is -2.37. The second-order valence-corrected chi connectivity index (χ2v) is 19.9. The summed E-state index contributed by atoms with van der Waals surface area (Å²) in [6.45, 7) is 13.8. The van der Waals surface area contributed by atoms with Crippen molar-refractivity contribution >= 4 is 40.6 Å². The van der Waals surface area contributed by atoms with Gasteiger partial charge in [-0.3, -0.25) is 29.2 Å². The summed E-state index contributed by atoms with van der Waals surface area (Å²) in [5.74, 6) is -1.78. The number of nitrogens with zero attached hydrogens (tertiary/aromatic N) is 6. The molecule has 17 heteroatoms. The van der Waals surface area contributed by atoms with Crippen LogP contribution in [0.3, 0.4) is 0 Å². The number of fused-ring (bicyclic) bond motifs is 6. The van der Waals surface area contributed by atoms with Gasteiger partial charge in [0.1, 0.15) is 23.9 Å². The smallest absolute Gasteiger partial charge is 0.324 e. The summed E-state index contributed by atoms with van der Waals surface area (Å²) in [7, 11) is 3.27. The van der Waals surface area contributed by atoms with Crippen LogP contribution in [-0.4, -0.2) is 148 Å². The molecule has 4 aliphatic rings. The van der Waals surface area contributed by atoms with E-state index in [1.54, 1.807) is 42.3 Å². The fourth-order valence-corrected chi connectivity index (χ4v) is 10.2. The molecule has 0 radical (unpaired) electrons. The number of cyclic esters (lactones) is 1. The molecule has 2 aromatic heterocycles. The molecule has 3 fully saturated rings. The van der Waals surface area contributed by atoms with Crippen molar-refractivity contribution in [3.63, 3.8) is 0 Å². The molecule has 6 bridgehead atoms. The third-order valence-electron chi connectivity index (χ3n) is 13.7. The number of hydrogen-bond donors (Lipinski definition) is 4. The third kappa shape index (κ3) is 10.3. The minimum Gasteiger partial charge on any atom is -0.508 e. The van der Waals surface area contributed by atoms with Crippen LogP contribution in [0.5, 0.6) is 5.75 Å². The molecule has 4 atom stereocenters. The van der Waals surface area contributed by atoms with Gasteiger partial charge in [0.2, 0.25) is 11.8 Å². The molecule has 3 saturated heterocycles. The summed E-state index contributed by atoms with van der Waals surface area (Å²) in [5, 5.41) is 19.8. The summed E-state index contributed by atoms with van der Waals surface area (Å²) >= 11 is 0. The van der Waals surface area contributed by atoms with Gasteiger partial charge in [0.25, 0.3) is 5.91 Å². The summed E-state index contributed by atoms with van der Waals surface area (Å²) in [4.78, 5) is 79.7. The summed E-state index contributed by atoms with van der Waals surface area (Å²) < 4.78 is 14.0. The van der Waals surface area contributed by atoms with Gasteiger partial charge >= 0.3 is 12.0 Å². The van der Waals surface area contributed by atoms with Crippen LogP contribution in [0.2, 0.25) is 0 Å². The molecule has 6 heterocycles. The van der Waals surface area contributed by atoms with E-state index in [9.17, 15) is 29.1 Å². The van der Waals surface area contributed by atoms with Crippen LogP contribution in [0.15, 0.2) is 54.9 Å². The molecule has 2 aromatic carbocycles. The second-order valence-electron chi connectivity index (χ2n) is 19.9. The van der Waals surface area contributed by atoms with E-state index in [1.807, 2.05) is 38.2 Å². The number of aromatic nitrogens is 2. The molecule has 68 heavy (non-hydrogen) atoms. The third-order valence-corrected chi connectivity index (χ3v) is 13.7. The second kappa shape index (κ2) is 20.3. The lowest BCUT2D eigenvalue weighted by molar-refractivity contribution is -0.155. The molecule has 4 aromatic rings. The Morgan fingerprint density at radius 1 is 1.01 bits per heavy atom. The number of pyridine rings is 1. The number of methoxy groups -OCH3 is 1. The zero-order valence-electron chi connectivity index (χ0n) is 40.5. The number of benzene rings is 2. The molecule has 0 unspecified atom stereocenters. The molecule has 4 aliphatic heterocycles. The maximum atomic E-state index is 14.8. The summed E-state index contributed by atoms with van der Waals surface area (Å²) in [5.41, 5.74) is 9.77. The predicted octanol–water partition coefficient (Wildman–Crippen LogP) is 4.47. The number of aromatic hydroxyl groups is 1. The number of ether oxygens (including phenoxy) is 2. The number of carbonyl (C=O) groups excluding carboxylic acids is 5. The van der Waals surface area contributed by atoms with Crippen LogP contribution >= 0.6 is 0 Å². The maximum absolute atomic E-state index is 14.8. The number of rotatable bonds is 9. The van der Waals surface area contributed by atoms with Crippen LogP contribution in [0.25, 0.3) is 33.3 Å². The first-order valence-electron chi connectivity index (χ1n) is 24.1. The number of amides is 5. The molecular weight excluding hydrogens is 867 g/mol. The Labute approximate surface area is 398 Å². The minimum absolute atomic E-state index is 0.00505. The van der Waals surface area contributed by atoms with Crippen molar-refractivity contribution in [2.75, 3.05) is 60.0 Å². The van der Waals surface area contributed by atoms with Gasteiger partial charge in [-0.1, -0.05) is 39.8 Å². The van der Waals surface area contributed by atoms with Crippen LogP contribution in [0.4, 0.5) is 4.79 Å². The van der Waals surface area contributed by atoms with E-state index in [0.29, 0.717) is 77.1 Å². The van der Waals surface area contributed by atoms with Crippen LogP contribution in [-0.2, 0) is 54.6 Å². The van der Waals surface area contributed by atoms with Crippen molar-refractivity contribution in [2.45, 2.75) is 104 Å². The molecule has 4 N–H and O–H groups in total. The van der Waals surface area contributed by atoms with E-state index >= 15 is 0 Å². The largest absolute Gasteiger partial charge is 0.508 e. The SMILES string of the molecule is CCn1c(-c2cnccc2COC)c2c3cc(ccc31)-c1cc(O)cc(c1)C[C@H](NC(=O)[C@H](C(C)C)N(C)C(=O)N1CCCN(C(=O)[C@@H]3CN3)CC1)C(=O)N1CCC[C@H](N1)C(=O)OCC(C)(C)C2. The molecule has 0 spiro atoms. The van der Waals surface area contributed by atoms with E-state index in [-0.39, 0.29) is 49.2 Å². The molecule has 364 valence electrons. The normalized spacial score (nSPS) is 21.5. The number of urea groups is 1. The highest BCUT2D eigenvalue weighted by molar-refractivity contribution is 5.96. The molecule has 0 aliphatic carbocycles. The Bertz CT molecular complexity index is 2550. The van der Waals surface area contributed by atoms with Crippen molar-refractivity contribution in [2.24, 2.45) is 11.3 Å². The van der Waals surface area contributed by atoms with E-state index < -0.39 is 41.3 Å². The Morgan fingerprint density at radius 2 is 1.78 bits per heavy atom. The number of hydrazine groups is 1. The van der Waals surface area contributed by atoms with Crippen molar-refractivity contribution in [1.29, 1.82) is 0 Å². The Hall–Kier alpha value is -6.04. The molecule has 17 nitrogen and oxygen atoms in total. The highest BCUT2D eigenvalue weighted by Gasteiger charge is 2.40. The van der Waals surface area contributed by atoms with Gasteiger partial charge in [-0.15, -0.1) is 0 Å². The van der Waals surface area contributed by atoms with Crippen LogP contribution in [0, 0.1) is 11.3 Å². The van der Waals surface area contributed by atoms with Gasteiger partial charge < -0.3 is 44.5 Å². The first-order chi connectivity index (χ1) is 32.6. The van der Waals surface area contributed by atoms with Crippen molar-refractivity contribution in [3.8, 4) is 28.1 Å². The minimum atomic E-state index is -1.16. The van der Waals surface area contributed by atoms with E-state index in [2.05, 4.69) is 58.5 Å². The summed E-state index contributed by atoms with van der Waals surface area (Å²) in [6, 6.07) is 10.0. The van der Waals surface area contributed by atoms with E-state index in [0.717, 1.165) is 44.4 Å². The molecule has 5 amide bonds. The average molecular weight is 934 g/mol. The van der Waals surface area contributed by atoms with Crippen molar-refractivity contribution in [1.82, 2.24) is 45.3 Å². The lowest BCUT2D eigenvalue weighted by Crippen LogP contribution is -2.62. The lowest BCUT2D eigenvalue weighted by atomic mass is 9.84. The standard InChI is InChI=1S/C51H67N9O8/c1-8-59-43-13-12-33-25-37(43)38(45(59)39-27-52-15-14-34(39)29-67-7)26-51(4,5)30-68-49(65)40-11-9-18-60(55-40)48(64)41(23-32-21-35(33)24-36(61)22-32)54-46(62)44(31(2)3)56(6)50(66)58-17-10-16-57(19-20-58)47(63)42-28-53-42/h12-15,21-22,24-25,27,31,40-42,44,53,55,61H,8-11,16-20,23,26,28-30H2,1-7H3,(H,54,62)/t40-,41-,42-,44-/m0/s1. The number of phenols is 1. The number of nitrogens with one attached hydrogen (secondary N) is 3. The number of likely N-dealkylation sites (N-methyl/N-ethyl adjacent to an activating group) is 1. The number of esters is 1. The Morgan fingerprint density at radius 3 is 2.51 bits per heavy atom. The van der Waals surface area contributed by atoms with Gasteiger partial charge in [-0.05, 0) is 96.7 Å². The number of phenolic OH excluding ortho intramolecular Hbond substituents is 1. The van der Waals surface area contributed by atoms with Crippen LogP contribution in [0.1, 0.15) is 70.6 Å². The zero-order chi connectivity index (χ0) is 48.4. The number of carbonyl (C=O) groups is 5. The molecule has 0 saturated carbocycles. The summed E-state index contributed by atoms with van der Waals surface area (Å²) in [6.07, 6.45) is 5.75. The number of aryl methyl sites for hydroxylation is 1. The van der Waals surface area contributed by atoms with Gasteiger partial charge in [0, 0.05) is 101 Å². The fourth-order valence-electron chi connectivity index (χ4n) is 10.2. The fraction of sp³-hybridized carbons (Fsp3) is 0.529. The van der Waals surface area contributed by atoms with E-state index in [4.69, 9.17) is 9.47 Å². The predicted molar refractivity (Wildman–Crippen MR) is 257 cm³/mol. The number of hydrogen-bond acceptors (Lipinski definition) is 11. The van der Waals surface area contributed by atoms with E-state index in [1.165, 1.54) is 9.91 Å². The molecule has 8 rings (SSSR count). The van der Waals surface area contributed by atoms with Crippen LogP contribution < -0.4 is 16.1 Å². The van der Waals surface area contributed by atoms with Crippen molar-refractivity contribution < 1.29 is 38.6 Å². The Kier molecular flexibility index (Phi) is 14.4. The quantitative estimate of drug-likeness (QED) is 0.136. The first-order valence-corrected chi connectivity index (χ1v) is 24.1. The molecular formula is C51H67N9O8. The van der Waals surface area contributed by atoms with Gasteiger partial charge in [0.15, 0.2) is 0 Å². The maximum Gasteiger partial charge on any atom is 0.324 e. The van der Waals surface area contributed by atoms with Gasteiger partial charge in [-0.25, -0.2) is 10.2 Å². The highest BCUT2D eigenvalue weighted by Crippen LogP contribution is 2.41.